The summed E-state index contributed by atoms with van der Waals surface area (Å²) in [5, 5.41) is 7.37. The third kappa shape index (κ3) is 4.29. The smallest absolute Gasteiger partial charge is 0.283 e. The van der Waals surface area contributed by atoms with Crippen LogP contribution in [0.4, 0.5) is 5.69 Å². The van der Waals surface area contributed by atoms with E-state index in [1.165, 1.54) is 4.68 Å². The average molecular weight is 314 g/mol. The highest BCUT2D eigenvalue weighted by Crippen LogP contribution is 2.16. The molecule has 5 heteroatoms. The number of rotatable bonds is 7. The molecule has 0 aliphatic rings. The molecule has 1 aromatic rings. The number of hydrogen-bond acceptors (Lipinski definition) is 3. The third-order valence-electron chi connectivity index (χ3n) is 2.57. The topological polar surface area (TPSA) is 46.9 Å². The second kappa shape index (κ2) is 8.08. The number of anilines is 1. The molecule has 0 radical (unpaired) electrons. The van der Waals surface area contributed by atoms with Crippen LogP contribution in [-0.2, 0) is 6.54 Å². The molecule has 0 amide bonds. The fourth-order valence-corrected chi connectivity index (χ4v) is 1.96. The monoisotopic (exact) mass is 313 g/mol. The molecule has 0 atom stereocenters. The summed E-state index contributed by atoms with van der Waals surface area (Å²) in [6, 6.07) is 0. The fourth-order valence-electron chi connectivity index (χ4n) is 1.51. The summed E-state index contributed by atoms with van der Waals surface area (Å²) in [5.41, 5.74) is 0.691. The summed E-state index contributed by atoms with van der Waals surface area (Å²) in [7, 11) is 0. The first-order valence-electron chi connectivity index (χ1n) is 6.31. The van der Waals surface area contributed by atoms with E-state index in [1.54, 1.807) is 6.20 Å². The maximum atomic E-state index is 12.0. The lowest BCUT2D eigenvalue weighted by molar-refractivity contribution is 0.541. The predicted octanol–water partition coefficient (Wildman–Crippen LogP) is 3.18. The molecular weight excluding hydrogens is 294 g/mol. The minimum absolute atomic E-state index is 0.0699. The highest BCUT2D eigenvalue weighted by atomic mass is 79.9. The van der Waals surface area contributed by atoms with Gasteiger partial charge < -0.3 is 5.32 Å². The number of unbranched alkanes of at least 4 members (excludes halogenated alkanes) is 1. The lowest BCUT2D eigenvalue weighted by Gasteiger charge is -2.09. The molecule has 1 rings (SSSR count). The minimum atomic E-state index is -0.0699. The molecule has 0 unspecified atom stereocenters. The summed E-state index contributed by atoms with van der Waals surface area (Å²) < 4.78 is 2.07. The van der Waals surface area contributed by atoms with E-state index in [4.69, 9.17) is 0 Å². The number of nitrogens with zero attached hydrogens (tertiary/aromatic N) is 2. The van der Waals surface area contributed by atoms with E-state index in [1.807, 2.05) is 13.0 Å². The fraction of sp³-hybridized carbons (Fsp3) is 0.538. The number of aryl methyl sites for hydroxylation is 1. The first-order valence-corrected chi connectivity index (χ1v) is 7.10. The summed E-state index contributed by atoms with van der Waals surface area (Å²) in [6.07, 6.45) is 8.75. The Hall–Kier alpha value is -1.10. The summed E-state index contributed by atoms with van der Waals surface area (Å²) in [4.78, 5) is 12.0. The van der Waals surface area contributed by atoms with E-state index in [0.717, 1.165) is 31.5 Å². The summed E-state index contributed by atoms with van der Waals surface area (Å²) in [5.74, 6) is 0. The maximum absolute atomic E-state index is 12.0. The van der Waals surface area contributed by atoms with E-state index < -0.39 is 0 Å². The van der Waals surface area contributed by atoms with E-state index in [-0.39, 0.29) is 5.56 Å². The van der Waals surface area contributed by atoms with E-state index in [0.29, 0.717) is 11.0 Å². The normalized spacial score (nSPS) is 11.1. The number of halogens is 1. The third-order valence-corrected chi connectivity index (χ3v) is 3.34. The van der Waals surface area contributed by atoms with E-state index in [9.17, 15) is 4.79 Å². The van der Waals surface area contributed by atoms with Gasteiger partial charge in [0.25, 0.3) is 5.56 Å². The minimum Gasteiger partial charge on any atom is -0.382 e. The lowest BCUT2D eigenvalue weighted by Crippen LogP contribution is -2.24. The molecule has 0 aliphatic carbocycles. The molecule has 1 aromatic heterocycles. The average Bonchev–Trinajstić information content (AvgIpc) is 2.38. The van der Waals surface area contributed by atoms with Crippen molar-refractivity contribution in [1.29, 1.82) is 0 Å². The SMILES string of the molecule is C/C=C/CCNc1cnn(CCCC)c(=O)c1Br. The molecule has 0 fully saturated rings. The van der Waals surface area contributed by atoms with Gasteiger partial charge in [0, 0.05) is 13.1 Å². The van der Waals surface area contributed by atoms with Gasteiger partial charge in [0.1, 0.15) is 4.47 Å². The van der Waals surface area contributed by atoms with Crippen molar-refractivity contribution in [1.82, 2.24) is 9.78 Å². The zero-order valence-electron chi connectivity index (χ0n) is 10.9. The second-order valence-corrected chi connectivity index (χ2v) is 4.83. The van der Waals surface area contributed by atoms with Crippen molar-refractivity contribution >= 4 is 21.6 Å². The van der Waals surface area contributed by atoms with Gasteiger partial charge in [-0.25, -0.2) is 4.68 Å². The van der Waals surface area contributed by atoms with Crippen LogP contribution in [0, 0.1) is 0 Å². The molecule has 0 saturated heterocycles. The van der Waals surface area contributed by atoms with Gasteiger partial charge in [0.15, 0.2) is 0 Å². The zero-order valence-corrected chi connectivity index (χ0v) is 12.5. The van der Waals surface area contributed by atoms with E-state index in [2.05, 4.69) is 39.3 Å². The van der Waals surface area contributed by atoms with Gasteiger partial charge in [0.05, 0.1) is 11.9 Å². The molecule has 100 valence electrons. The Bertz CT molecular complexity index is 454. The standard InChI is InChI=1S/C13H20BrN3O/c1-3-5-7-8-15-11-10-16-17(9-6-4-2)13(18)12(11)14/h3,5,10,15H,4,6-9H2,1-2H3/b5-3+. The number of aromatic nitrogens is 2. The molecule has 18 heavy (non-hydrogen) atoms. The van der Waals surface area contributed by atoms with Crippen LogP contribution in [0.25, 0.3) is 0 Å². The first-order chi connectivity index (χ1) is 8.70. The Morgan fingerprint density at radius 1 is 1.56 bits per heavy atom. The number of nitrogens with one attached hydrogen (secondary N) is 1. The van der Waals surface area contributed by atoms with Crippen molar-refractivity contribution in [3.63, 3.8) is 0 Å². The van der Waals surface area contributed by atoms with Gasteiger partial charge in [-0.1, -0.05) is 25.5 Å². The maximum Gasteiger partial charge on any atom is 0.283 e. The van der Waals surface area contributed by atoms with Crippen LogP contribution in [-0.4, -0.2) is 16.3 Å². The zero-order chi connectivity index (χ0) is 13.4. The molecule has 0 bridgehead atoms. The molecule has 0 saturated carbocycles. The molecule has 0 aromatic carbocycles. The Morgan fingerprint density at radius 2 is 2.33 bits per heavy atom. The summed E-state index contributed by atoms with van der Waals surface area (Å²) in [6.45, 7) is 5.56. The Kier molecular flexibility index (Phi) is 6.72. The van der Waals surface area contributed by atoms with Crippen LogP contribution < -0.4 is 10.9 Å². The molecule has 4 nitrogen and oxygen atoms in total. The first kappa shape index (κ1) is 15.0. The van der Waals surface area contributed by atoms with Gasteiger partial charge in [-0.05, 0) is 35.7 Å². The molecular formula is C13H20BrN3O. The molecule has 0 aliphatic heterocycles. The van der Waals surface area contributed by atoms with Crippen molar-refractivity contribution in [2.75, 3.05) is 11.9 Å². The van der Waals surface area contributed by atoms with Crippen molar-refractivity contribution in [2.45, 2.75) is 39.7 Å². The number of allylic oxidation sites excluding steroid dienone is 1. The molecule has 1 heterocycles. The molecule has 1 N–H and O–H groups in total. The van der Waals surface area contributed by atoms with Crippen molar-refractivity contribution in [3.8, 4) is 0 Å². The van der Waals surface area contributed by atoms with Crippen molar-refractivity contribution in [2.24, 2.45) is 0 Å². The second-order valence-electron chi connectivity index (χ2n) is 4.04. The van der Waals surface area contributed by atoms with Gasteiger partial charge in [-0.3, -0.25) is 4.79 Å². The van der Waals surface area contributed by atoms with Crippen LogP contribution >= 0.6 is 15.9 Å². The van der Waals surface area contributed by atoms with Gasteiger partial charge in [-0.2, -0.15) is 5.10 Å². The van der Waals surface area contributed by atoms with Crippen LogP contribution in [0.1, 0.15) is 33.1 Å². The molecule has 0 spiro atoms. The largest absolute Gasteiger partial charge is 0.382 e. The lowest BCUT2D eigenvalue weighted by atomic mass is 10.3. The Labute approximate surface area is 116 Å². The highest BCUT2D eigenvalue weighted by molar-refractivity contribution is 9.10. The predicted molar refractivity (Wildman–Crippen MR) is 79.0 cm³/mol. The van der Waals surface area contributed by atoms with Crippen molar-refractivity contribution in [3.05, 3.63) is 33.2 Å². The van der Waals surface area contributed by atoms with Gasteiger partial charge in [-0.15, -0.1) is 0 Å². The van der Waals surface area contributed by atoms with Gasteiger partial charge in [0.2, 0.25) is 0 Å². The van der Waals surface area contributed by atoms with E-state index >= 15 is 0 Å². The van der Waals surface area contributed by atoms with Crippen molar-refractivity contribution < 1.29 is 0 Å². The summed E-state index contributed by atoms with van der Waals surface area (Å²) >= 11 is 3.34. The van der Waals surface area contributed by atoms with Gasteiger partial charge >= 0.3 is 0 Å². The quantitative estimate of drug-likeness (QED) is 0.621. The Balaban J connectivity index is 2.71. The highest BCUT2D eigenvalue weighted by Gasteiger charge is 2.07. The van der Waals surface area contributed by atoms with Crippen LogP contribution in [0.5, 0.6) is 0 Å². The van der Waals surface area contributed by atoms with Crippen LogP contribution in [0.15, 0.2) is 27.6 Å². The van der Waals surface area contributed by atoms with Crippen LogP contribution in [0.2, 0.25) is 0 Å². The van der Waals surface area contributed by atoms with Crippen LogP contribution in [0.3, 0.4) is 0 Å². The Morgan fingerprint density at radius 3 is 3.00 bits per heavy atom. The number of hydrogen-bond donors (Lipinski definition) is 1.